The molecule has 2 heterocycles. The first-order chi connectivity index (χ1) is 9.84. The smallest absolute Gasteiger partial charge is 0.270 e. The van der Waals surface area contributed by atoms with Crippen molar-refractivity contribution in [1.29, 1.82) is 0 Å². The van der Waals surface area contributed by atoms with Crippen molar-refractivity contribution in [3.05, 3.63) is 18.0 Å². The highest BCUT2D eigenvalue weighted by Crippen LogP contribution is 2.18. The lowest BCUT2D eigenvalue weighted by Gasteiger charge is -2.23. The first-order valence-corrected chi connectivity index (χ1v) is 8.47. The lowest BCUT2D eigenvalue weighted by molar-refractivity contribution is 0.0700. The molecular formula is C13H21N3O4S. The van der Waals surface area contributed by atoms with Crippen LogP contribution in [0.4, 0.5) is 0 Å². The number of aryl methyl sites for hydroxylation is 1. The third-order valence-corrected chi connectivity index (χ3v) is 4.54. The van der Waals surface area contributed by atoms with Gasteiger partial charge in [0.15, 0.2) is 0 Å². The second-order valence-electron chi connectivity index (χ2n) is 5.23. The van der Waals surface area contributed by atoms with Crippen LogP contribution in [0.15, 0.2) is 17.2 Å². The molecule has 2 N–H and O–H groups in total. The van der Waals surface area contributed by atoms with Gasteiger partial charge in [0.05, 0.1) is 12.6 Å². The second-order valence-corrected chi connectivity index (χ2v) is 6.79. The van der Waals surface area contributed by atoms with Crippen molar-refractivity contribution in [2.45, 2.75) is 37.2 Å². The monoisotopic (exact) mass is 315 g/mol. The van der Waals surface area contributed by atoms with Crippen molar-refractivity contribution in [2.75, 3.05) is 20.3 Å². The minimum atomic E-state index is -3.82. The minimum Gasteiger partial charge on any atom is -0.379 e. The number of sulfonamides is 1. The molecule has 2 rings (SSSR count). The Hall–Kier alpha value is -1.38. The fraction of sp³-hybridized carbons (Fsp3) is 0.615. The summed E-state index contributed by atoms with van der Waals surface area (Å²) in [7, 11) is -2.11. The first kappa shape index (κ1) is 16.0. The normalized spacial score (nSPS) is 18.9. The number of likely N-dealkylation sites (N-methyl/N-ethyl adjacent to an activating group) is 1. The van der Waals surface area contributed by atoms with E-state index in [1.807, 2.05) is 6.92 Å². The summed E-state index contributed by atoms with van der Waals surface area (Å²) < 4.78 is 29.9. The molecule has 8 heteroatoms. The van der Waals surface area contributed by atoms with E-state index in [0.717, 1.165) is 12.8 Å². The number of carbonyl (C=O) groups is 1. The molecule has 1 aromatic rings. The summed E-state index contributed by atoms with van der Waals surface area (Å²) in [6.07, 6.45) is 3.00. The van der Waals surface area contributed by atoms with E-state index in [0.29, 0.717) is 25.5 Å². The Morgan fingerprint density at radius 2 is 2.29 bits per heavy atom. The molecule has 0 spiro atoms. The molecule has 21 heavy (non-hydrogen) atoms. The Kier molecular flexibility index (Phi) is 4.70. The van der Waals surface area contributed by atoms with E-state index in [2.05, 4.69) is 0 Å². The van der Waals surface area contributed by atoms with Gasteiger partial charge in [-0.15, -0.1) is 0 Å². The number of aromatic nitrogens is 1. The molecule has 7 nitrogen and oxygen atoms in total. The molecule has 0 saturated carbocycles. The molecule has 0 aromatic carbocycles. The highest BCUT2D eigenvalue weighted by Gasteiger charge is 2.28. The predicted molar refractivity (Wildman–Crippen MR) is 77.4 cm³/mol. The molecule has 1 amide bonds. The minimum absolute atomic E-state index is 0.0282. The van der Waals surface area contributed by atoms with Crippen LogP contribution in [0.3, 0.4) is 0 Å². The maximum atomic E-state index is 12.6. The van der Waals surface area contributed by atoms with Crippen LogP contribution in [0.1, 0.15) is 30.3 Å². The summed E-state index contributed by atoms with van der Waals surface area (Å²) >= 11 is 0. The maximum absolute atomic E-state index is 12.6. The third kappa shape index (κ3) is 3.45. The summed E-state index contributed by atoms with van der Waals surface area (Å²) in [6.45, 7) is 3.67. The zero-order chi connectivity index (χ0) is 15.6. The first-order valence-electron chi connectivity index (χ1n) is 6.92. The molecule has 1 saturated heterocycles. The SMILES string of the molecule is CCCn1cc(S(N)(=O)=O)cc1C(=O)N(C)C1CCOC1. The number of carbonyl (C=O) groups excluding carboxylic acids is 1. The summed E-state index contributed by atoms with van der Waals surface area (Å²) in [5.41, 5.74) is 0.343. The zero-order valence-electron chi connectivity index (χ0n) is 12.3. The van der Waals surface area contributed by atoms with Crippen molar-refractivity contribution in [3.8, 4) is 0 Å². The van der Waals surface area contributed by atoms with Crippen molar-refractivity contribution in [3.63, 3.8) is 0 Å². The quantitative estimate of drug-likeness (QED) is 0.851. The molecule has 1 fully saturated rings. The van der Waals surface area contributed by atoms with Gasteiger partial charge in [-0.3, -0.25) is 4.79 Å². The number of rotatable bonds is 5. The van der Waals surface area contributed by atoms with Crippen molar-refractivity contribution >= 4 is 15.9 Å². The number of ether oxygens (including phenoxy) is 1. The van der Waals surface area contributed by atoms with Crippen molar-refractivity contribution in [2.24, 2.45) is 5.14 Å². The van der Waals surface area contributed by atoms with Gasteiger partial charge in [-0.05, 0) is 18.9 Å². The van der Waals surface area contributed by atoms with Crippen LogP contribution in [0.25, 0.3) is 0 Å². The third-order valence-electron chi connectivity index (χ3n) is 3.66. The molecule has 1 atom stereocenters. The number of nitrogens with two attached hydrogens (primary N) is 1. The van der Waals surface area contributed by atoms with E-state index < -0.39 is 10.0 Å². The summed E-state index contributed by atoms with van der Waals surface area (Å²) in [6, 6.07) is 1.38. The van der Waals surface area contributed by atoms with Crippen LogP contribution < -0.4 is 5.14 Å². The average molecular weight is 315 g/mol. The molecule has 1 aliphatic rings. The van der Waals surface area contributed by atoms with Gasteiger partial charge in [-0.2, -0.15) is 0 Å². The topological polar surface area (TPSA) is 94.6 Å². The lowest BCUT2D eigenvalue weighted by atomic mass is 10.2. The lowest BCUT2D eigenvalue weighted by Crippen LogP contribution is -2.38. The maximum Gasteiger partial charge on any atom is 0.270 e. The Balaban J connectivity index is 2.32. The number of hydrogen-bond donors (Lipinski definition) is 1. The van der Waals surface area contributed by atoms with Gasteiger partial charge >= 0.3 is 0 Å². The molecule has 1 aliphatic heterocycles. The summed E-state index contributed by atoms with van der Waals surface area (Å²) in [4.78, 5) is 14.2. The van der Waals surface area contributed by atoms with Gasteiger partial charge in [0, 0.05) is 26.4 Å². The van der Waals surface area contributed by atoms with Crippen LogP contribution in [0.2, 0.25) is 0 Å². The summed E-state index contributed by atoms with van der Waals surface area (Å²) in [5, 5.41) is 5.15. The van der Waals surface area contributed by atoms with Crippen LogP contribution in [-0.2, 0) is 21.3 Å². The predicted octanol–water partition coefficient (Wildman–Crippen LogP) is 0.406. The van der Waals surface area contributed by atoms with Gasteiger partial charge < -0.3 is 14.2 Å². The zero-order valence-corrected chi connectivity index (χ0v) is 13.1. The van der Waals surface area contributed by atoms with E-state index in [1.165, 1.54) is 12.3 Å². The Morgan fingerprint density at radius 3 is 2.81 bits per heavy atom. The fourth-order valence-corrected chi connectivity index (χ4v) is 2.97. The average Bonchev–Trinajstić information content (AvgIpc) is 3.05. The molecule has 0 bridgehead atoms. The molecule has 1 aromatic heterocycles. The molecule has 0 radical (unpaired) electrons. The van der Waals surface area contributed by atoms with Crippen LogP contribution in [0, 0.1) is 0 Å². The second kappa shape index (κ2) is 6.17. The Bertz CT molecular complexity index is 617. The van der Waals surface area contributed by atoms with Gasteiger partial charge in [-0.25, -0.2) is 13.6 Å². The van der Waals surface area contributed by atoms with Crippen LogP contribution in [-0.4, -0.2) is 50.1 Å². The van der Waals surface area contributed by atoms with Crippen molar-refractivity contribution < 1.29 is 17.9 Å². The summed E-state index contributed by atoms with van der Waals surface area (Å²) in [5.74, 6) is -0.214. The molecule has 1 unspecified atom stereocenters. The highest BCUT2D eigenvalue weighted by atomic mass is 32.2. The fourth-order valence-electron chi connectivity index (χ4n) is 2.42. The molecule has 0 aliphatic carbocycles. The van der Waals surface area contributed by atoms with E-state index in [1.54, 1.807) is 16.5 Å². The number of primary sulfonamides is 1. The Morgan fingerprint density at radius 1 is 1.57 bits per heavy atom. The van der Waals surface area contributed by atoms with Crippen LogP contribution >= 0.6 is 0 Å². The van der Waals surface area contributed by atoms with E-state index >= 15 is 0 Å². The Labute approximate surface area is 124 Å². The number of hydrogen-bond acceptors (Lipinski definition) is 4. The van der Waals surface area contributed by atoms with Crippen LogP contribution in [0.5, 0.6) is 0 Å². The number of nitrogens with zero attached hydrogens (tertiary/aromatic N) is 2. The van der Waals surface area contributed by atoms with E-state index in [-0.39, 0.29) is 16.8 Å². The van der Waals surface area contributed by atoms with E-state index in [9.17, 15) is 13.2 Å². The molecule has 118 valence electrons. The van der Waals surface area contributed by atoms with Gasteiger partial charge in [0.1, 0.15) is 10.6 Å². The van der Waals surface area contributed by atoms with Gasteiger partial charge in [0.25, 0.3) is 5.91 Å². The largest absolute Gasteiger partial charge is 0.379 e. The van der Waals surface area contributed by atoms with Gasteiger partial charge in [-0.1, -0.05) is 6.92 Å². The van der Waals surface area contributed by atoms with E-state index in [4.69, 9.17) is 9.88 Å². The van der Waals surface area contributed by atoms with Crippen molar-refractivity contribution in [1.82, 2.24) is 9.47 Å². The highest BCUT2D eigenvalue weighted by molar-refractivity contribution is 7.89. The standard InChI is InChI=1S/C13H21N3O4S/c1-3-5-16-8-11(21(14,18)19)7-12(16)13(17)15(2)10-4-6-20-9-10/h7-8,10H,3-6,9H2,1-2H3,(H2,14,18,19). The molecular weight excluding hydrogens is 294 g/mol. The van der Waals surface area contributed by atoms with Gasteiger partial charge in [0.2, 0.25) is 10.0 Å². The number of amides is 1.